The first-order valence-electron chi connectivity index (χ1n) is 8.84. The minimum atomic E-state index is -0.914. The first-order chi connectivity index (χ1) is 13.5. The second kappa shape index (κ2) is 7.72. The van der Waals surface area contributed by atoms with Crippen LogP contribution in [0.2, 0.25) is 0 Å². The molecule has 9 nitrogen and oxygen atoms in total. The Morgan fingerprint density at radius 2 is 1.93 bits per heavy atom. The number of amides is 2. The first-order valence-corrected chi connectivity index (χ1v) is 9.64. The maximum atomic E-state index is 12.8. The zero-order chi connectivity index (χ0) is 19.7. The topological polar surface area (TPSA) is 116 Å². The molecule has 10 heteroatoms. The number of H-pyrrole nitrogens is 1. The molecular formula is C18H18BrN5O4. The van der Waals surface area contributed by atoms with Crippen LogP contribution < -0.4 is 21.1 Å². The van der Waals surface area contributed by atoms with Crippen molar-refractivity contribution in [2.75, 3.05) is 41.8 Å². The van der Waals surface area contributed by atoms with Gasteiger partial charge in [0.1, 0.15) is 5.82 Å². The van der Waals surface area contributed by atoms with Gasteiger partial charge in [-0.05, 0) is 24.3 Å². The Kier molecular flexibility index (Phi) is 5.14. The maximum Gasteiger partial charge on any atom is 0.258 e. The van der Waals surface area contributed by atoms with E-state index in [4.69, 9.17) is 4.74 Å². The van der Waals surface area contributed by atoms with Crippen molar-refractivity contribution < 1.29 is 14.3 Å². The van der Waals surface area contributed by atoms with Crippen molar-refractivity contribution in [1.82, 2.24) is 9.97 Å². The molecule has 2 aromatic rings. The summed E-state index contributed by atoms with van der Waals surface area (Å²) in [6.45, 7) is 2.24. The third kappa shape index (κ3) is 3.78. The number of ether oxygens (including phenoxy) is 1. The number of fused-ring (bicyclic) bond motifs is 1. The highest BCUT2D eigenvalue weighted by molar-refractivity contribution is 9.10. The van der Waals surface area contributed by atoms with Gasteiger partial charge in [-0.15, -0.1) is 0 Å². The number of hydrogen-bond donors (Lipinski definition) is 3. The van der Waals surface area contributed by atoms with E-state index in [0.29, 0.717) is 37.9 Å². The number of nitrogens with one attached hydrogen (secondary N) is 3. The zero-order valence-electron chi connectivity index (χ0n) is 14.8. The van der Waals surface area contributed by atoms with Gasteiger partial charge in [0, 0.05) is 29.7 Å². The van der Waals surface area contributed by atoms with Gasteiger partial charge in [-0.1, -0.05) is 15.9 Å². The number of aromatic amines is 1. The van der Waals surface area contributed by atoms with Crippen LogP contribution in [0.15, 0.2) is 33.5 Å². The molecular weight excluding hydrogens is 430 g/mol. The Labute approximate surface area is 168 Å². The number of morpholine rings is 1. The van der Waals surface area contributed by atoms with Gasteiger partial charge in [-0.3, -0.25) is 19.4 Å². The molecule has 0 spiro atoms. The lowest BCUT2D eigenvalue weighted by Gasteiger charge is -2.29. The van der Waals surface area contributed by atoms with Gasteiger partial charge >= 0.3 is 0 Å². The van der Waals surface area contributed by atoms with Crippen molar-refractivity contribution >= 4 is 45.2 Å². The van der Waals surface area contributed by atoms with E-state index >= 15 is 0 Å². The number of carbonyl (C=O) groups is 2. The third-order valence-corrected chi connectivity index (χ3v) is 5.21. The predicted molar refractivity (Wildman–Crippen MR) is 107 cm³/mol. The van der Waals surface area contributed by atoms with Crippen molar-refractivity contribution in [1.29, 1.82) is 0 Å². The number of rotatable bonds is 3. The number of carbonyl (C=O) groups excluding carboxylic acids is 2. The summed E-state index contributed by atoms with van der Waals surface area (Å²) >= 11 is 3.34. The van der Waals surface area contributed by atoms with Gasteiger partial charge in [0.2, 0.25) is 17.8 Å². The molecule has 1 saturated heterocycles. The fraction of sp³-hybridized carbons (Fsp3) is 0.333. The molecule has 4 rings (SSSR count). The molecule has 2 amide bonds. The molecule has 0 radical (unpaired) electrons. The molecule has 3 heterocycles. The molecule has 0 aliphatic carbocycles. The molecule has 0 saturated carbocycles. The van der Waals surface area contributed by atoms with Gasteiger partial charge < -0.3 is 20.3 Å². The number of hydrogen-bond acceptors (Lipinski definition) is 6. The fourth-order valence-electron chi connectivity index (χ4n) is 3.27. The molecule has 1 aromatic carbocycles. The Balaban J connectivity index is 1.64. The van der Waals surface area contributed by atoms with Crippen LogP contribution in [-0.2, 0) is 14.3 Å². The van der Waals surface area contributed by atoms with Crippen LogP contribution in [0.3, 0.4) is 0 Å². The summed E-state index contributed by atoms with van der Waals surface area (Å²) in [5.74, 6) is -1.19. The maximum absolute atomic E-state index is 12.8. The van der Waals surface area contributed by atoms with E-state index in [1.807, 2.05) is 4.90 Å². The first kappa shape index (κ1) is 18.6. The molecule has 2 aliphatic rings. The van der Waals surface area contributed by atoms with Crippen LogP contribution in [0.4, 0.5) is 17.5 Å². The lowest BCUT2D eigenvalue weighted by Crippen LogP contribution is -2.41. The van der Waals surface area contributed by atoms with Gasteiger partial charge in [-0.25, -0.2) is 0 Å². The standard InChI is InChI=1S/C18H18BrN5O4/c19-10-1-3-11(4-2-10)20-16(26)12-9-13(25)21-15-14(12)17(27)23-18(22-15)24-5-7-28-8-6-24/h1-4,12H,5-9H2,(H,20,26)(H2,21,22,23,25,27)/t12-/m0/s1. The second-order valence-corrected chi connectivity index (χ2v) is 7.47. The molecule has 1 aromatic heterocycles. The van der Waals surface area contributed by atoms with Crippen LogP contribution in [0, 0.1) is 0 Å². The molecule has 3 N–H and O–H groups in total. The van der Waals surface area contributed by atoms with E-state index < -0.39 is 17.4 Å². The van der Waals surface area contributed by atoms with Crippen molar-refractivity contribution in [3.63, 3.8) is 0 Å². The summed E-state index contributed by atoms with van der Waals surface area (Å²) in [6.07, 6.45) is -0.114. The highest BCUT2D eigenvalue weighted by atomic mass is 79.9. The summed E-state index contributed by atoms with van der Waals surface area (Å²) in [5, 5.41) is 5.38. The summed E-state index contributed by atoms with van der Waals surface area (Å²) in [5.41, 5.74) is 0.323. The lowest BCUT2D eigenvalue weighted by molar-refractivity contribution is -0.123. The van der Waals surface area contributed by atoms with E-state index in [2.05, 4.69) is 36.5 Å². The minimum absolute atomic E-state index is 0.114. The highest BCUT2D eigenvalue weighted by Crippen LogP contribution is 2.30. The second-order valence-electron chi connectivity index (χ2n) is 6.55. The Hall–Kier alpha value is -2.72. The summed E-state index contributed by atoms with van der Waals surface area (Å²) in [4.78, 5) is 46.7. The van der Waals surface area contributed by atoms with Crippen molar-refractivity contribution in [2.45, 2.75) is 12.3 Å². The zero-order valence-corrected chi connectivity index (χ0v) is 16.4. The van der Waals surface area contributed by atoms with E-state index in [-0.39, 0.29) is 23.7 Å². The normalized spacial score (nSPS) is 19.0. The van der Waals surface area contributed by atoms with Crippen LogP contribution in [0.5, 0.6) is 0 Å². The van der Waals surface area contributed by atoms with E-state index in [1.54, 1.807) is 24.3 Å². The SMILES string of the molecule is O=C1C[C@H](C(=O)Nc2ccc(Br)cc2)c2c(nc(N3CCOCC3)[nH]c2=O)N1. The van der Waals surface area contributed by atoms with Crippen LogP contribution in [0.25, 0.3) is 0 Å². The summed E-state index contributed by atoms with van der Waals surface area (Å²) < 4.78 is 6.19. The van der Waals surface area contributed by atoms with Crippen molar-refractivity contribution in [3.05, 3.63) is 44.7 Å². The Bertz CT molecular complexity index is 969. The van der Waals surface area contributed by atoms with Crippen molar-refractivity contribution in [3.8, 4) is 0 Å². The van der Waals surface area contributed by atoms with Crippen LogP contribution in [0.1, 0.15) is 17.9 Å². The minimum Gasteiger partial charge on any atom is -0.378 e. The highest BCUT2D eigenvalue weighted by Gasteiger charge is 2.35. The van der Waals surface area contributed by atoms with E-state index in [0.717, 1.165) is 4.47 Å². The lowest BCUT2D eigenvalue weighted by atomic mass is 9.92. The quantitative estimate of drug-likeness (QED) is 0.655. The van der Waals surface area contributed by atoms with E-state index in [9.17, 15) is 14.4 Å². The molecule has 1 fully saturated rings. The average Bonchev–Trinajstić information content (AvgIpc) is 2.69. The average molecular weight is 448 g/mol. The molecule has 0 bridgehead atoms. The smallest absolute Gasteiger partial charge is 0.258 e. The molecule has 1 atom stereocenters. The Morgan fingerprint density at radius 1 is 1.21 bits per heavy atom. The number of aromatic nitrogens is 2. The third-order valence-electron chi connectivity index (χ3n) is 4.68. The van der Waals surface area contributed by atoms with Crippen molar-refractivity contribution in [2.24, 2.45) is 0 Å². The fourth-order valence-corrected chi connectivity index (χ4v) is 3.54. The number of nitrogens with zero attached hydrogens (tertiary/aromatic N) is 2. The summed E-state index contributed by atoms with van der Waals surface area (Å²) in [6, 6.07) is 7.05. The van der Waals surface area contributed by atoms with Crippen LogP contribution in [-0.4, -0.2) is 48.1 Å². The molecule has 0 unspecified atom stereocenters. The largest absolute Gasteiger partial charge is 0.378 e. The van der Waals surface area contributed by atoms with E-state index in [1.165, 1.54) is 0 Å². The van der Waals surface area contributed by atoms with Gasteiger partial charge in [0.25, 0.3) is 5.56 Å². The van der Waals surface area contributed by atoms with Crippen LogP contribution >= 0.6 is 15.9 Å². The predicted octanol–water partition coefficient (Wildman–Crippen LogP) is 1.43. The summed E-state index contributed by atoms with van der Waals surface area (Å²) in [7, 11) is 0. The Morgan fingerprint density at radius 3 is 2.64 bits per heavy atom. The number of halogens is 1. The number of anilines is 3. The van der Waals surface area contributed by atoms with Gasteiger partial charge in [-0.2, -0.15) is 4.98 Å². The number of benzene rings is 1. The molecule has 146 valence electrons. The molecule has 2 aliphatic heterocycles. The monoisotopic (exact) mass is 447 g/mol. The molecule has 28 heavy (non-hydrogen) atoms. The van der Waals surface area contributed by atoms with Gasteiger partial charge in [0.05, 0.1) is 24.7 Å². The van der Waals surface area contributed by atoms with Gasteiger partial charge in [0.15, 0.2) is 0 Å².